The summed E-state index contributed by atoms with van der Waals surface area (Å²) in [6.45, 7) is 1.91. The van der Waals surface area contributed by atoms with Crippen LogP contribution in [0.4, 0.5) is 0 Å². The monoisotopic (exact) mass is 333 g/mol. The van der Waals surface area contributed by atoms with Crippen LogP contribution < -0.4 is 0 Å². The van der Waals surface area contributed by atoms with Gasteiger partial charge in [-0.1, -0.05) is 35.9 Å². The average Bonchev–Trinajstić information content (AvgIpc) is 3.26. The molecule has 0 aliphatic carbocycles. The van der Waals surface area contributed by atoms with E-state index in [4.69, 9.17) is 9.15 Å². The number of ether oxygens (including phenoxy) is 1. The van der Waals surface area contributed by atoms with E-state index in [-0.39, 0.29) is 12.5 Å². The van der Waals surface area contributed by atoms with Crippen molar-refractivity contribution in [1.82, 2.24) is 15.2 Å². The van der Waals surface area contributed by atoms with Crippen LogP contribution in [0.15, 0.2) is 59.0 Å². The number of para-hydroxylation sites is 1. The molecular weight excluding hydrogens is 318 g/mol. The molecule has 0 spiro atoms. The van der Waals surface area contributed by atoms with Crippen molar-refractivity contribution in [3.8, 4) is 11.5 Å². The van der Waals surface area contributed by atoms with Crippen LogP contribution in [-0.4, -0.2) is 21.2 Å². The van der Waals surface area contributed by atoms with Crippen LogP contribution >= 0.6 is 0 Å². The molecule has 0 radical (unpaired) electrons. The molecule has 4 rings (SSSR count). The van der Waals surface area contributed by atoms with Crippen LogP contribution in [0.1, 0.15) is 21.9 Å². The van der Waals surface area contributed by atoms with Crippen LogP contribution in [0.5, 0.6) is 0 Å². The highest BCUT2D eigenvalue weighted by atomic mass is 16.5. The van der Waals surface area contributed by atoms with Crippen LogP contribution in [-0.2, 0) is 11.3 Å². The third kappa shape index (κ3) is 3.14. The van der Waals surface area contributed by atoms with Crippen LogP contribution in [0.3, 0.4) is 0 Å². The number of nitrogens with one attached hydrogen (secondary N) is 1. The lowest BCUT2D eigenvalue weighted by molar-refractivity contribution is 0.0433. The quantitative estimate of drug-likeness (QED) is 0.573. The van der Waals surface area contributed by atoms with Gasteiger partial charge in [-0.2, -0.15) is 0 Å². The molecule has 0 saturated carbocycles. The van der Waals surface area contributed by atoms with E-state index in [1.165, 1.54) is 0 Å². The van der Waals surface area contributed by atoms with Crippen molar-refractivity contribution in [3.63, 3.8) is 0 Å². The molecule has 0 fully saturated rings. The maximum Gasteiger partial charge on any atom is 0.355 e. The molecule has 0 bridgehead atoms. The Morgan fingerprint density at radius 2 is 2.00 bits per heavy atom. The number of aryl methyl sites for hydroxylation is 1. The number of esters is 1. The third-order valence-electron chi connectivity index (χ3n) is 3.81. The summed E-state index contributed by atoms with van der Waals surface area (Å²) in [5, 5.41) is 8.88. The van der Waals surface area contributed by atoms with Crippen molar-refractivity contribution >= 4 is 16.9 Å². The third-order valence-corrected chi connectivity index (χ3v) is 3.81. The first-order valence-corrected chi connectivity index (χ1v) is 7.83. The fourth-order valence-electron chi connectivity index (χ4n) is 2.60. The number of aromatic nitrogens is 3. The number of hydrogen-bond donors (Lipinski definition) is 1. The number of carbonyl (C=O) groups is 1. The SMILES string of the molecule is Cc1cccc(-c2nnc(COC(=O)c3cc4ccccc4[nH]3)o2)c1. The molecule has 0 aliphatic heterocycles. The Kier molecular flexibility index (Phi) is 3.78. The van der Waals surface area contributed by atoms with Crippen molar-refractivity contribution in [2.75, 3.05) is 0 Å². The maximum absolute atomic E-state index is 12.2. The van der Waals surface area contributed by atoms with Crippen molar-refractivity contribution in [2.24, 2.45) is 0 Å². The summed E-state index contributed by atoms with van der Waals surface area (Å²) < 4.78 is 10.8. The fourth-order valence-corrected chi connectivity index (χ4v) is 2.60. The Hall–Kier alpha value is -3.41. The summed E-state index contributed by atoms with van der Waals surface area (Å²) in [5.74, 6) is 0.188. The Bertz CT molecular complexity index is 1020. The number of benzene rings is 2. The van der Waals surface area contributed by atoms with E-state index in [1.807, 2.05) is 55.5 Å². The Morgan fingerprint density at radius 3 is 2.84 bits per heavy atom. The predicted octanol–water partition coefficient (Wildman–Crippen LogP) is 3.88. The van der Waals surface area contributed by atoms with Gasteiger partial charge in [0.15, 0.2) is 6.61 Å². The first-order chi connectivity index (χ1) is 12.2. The van der Waals surface area contributed by atoms with Gasteiger partial charge in [-0.05, 0) is 31.2 Å². The molecule has 0 saturated heterocycles. The zero-order chi connectivity index (χ0) is 17.2. The molecule has 0 amide bonds. The van der Waals surface area contributed by atoms with Gasteiger partial charge in [0, 0.05) is 16.5 Å². The Morgan fingerprint density at radius 1 is 1.12 bits per heavy atom. The molecule has 2 aromatic heterocycles. The van der Waals surface area contributed by atoms with E-state index in [2.05, 4.69) is 15.2 Å². The molecule has 6 nitrogen and oxygen atoms in total. The van der Waals surface area contributed by atoms with Gasteiger partial charge in [0.05, 0.1) is 0 Å². The lowest BCUT2D eigenvalue weighted by atomic mass is 10.1. The minimum Gasteiger partial charge on any atom is -0.451 e. The first-order valence-electron chi connectivity index (χ1n) is 7.83. The lowest BCUT2D eigenvalue weighted by Gasteiger charge is -1.99. The lowest BCUT2D eigenvalue weighted by Crippen LogP contribution is -2.05. The van der Waals surface area contributed by atoms with E-state index in [9.17, 15) is 4.79 Å². The number of hydrogen-bond acceptors (Lipinski definition) is 5. The van der Waals surface area contributed by atoms with Gasteiger partial charge in [-0.25, -0.2) is 4.79 Å². The molecule has 0 atom stereocenters. The highest BCUT2D eigenvalue weighted by molar-refractivity contribution is 5.94. The van der Waals surface area contributed by atoms with Gasteiger partial charge in [0.25, 0.3) is 5.89 Å². The highest BCUT2D eigenvalue weighted by Crippen LogP contribution is 2.20. The van der Waals surface area contributed by atoms with Gasteiger partial charge in [0.2, 0.25) is 5.89 Å². The summed E-state index contributed by atoms with van der Waals surface area (Å²) in [4.78, 5) is 15.2. The molecular formula is C19H15N3O3. The minimum atomic E-state index is -0.466. The summed E-state index contributed by atoms with van der Waals surface area (Å²) in [6.07, 6.45) is 0. The van der Waals surface area contributed by atoms with Gasteiger partial charge in [0.1, 0.15) is 5.69 Å². The number of H-pyrrole nitrogens is 1. The summed E-state index contributed by atoms with van der Waals surface area (Å²) in [5.41, 5.74) is 3.21. The van der Waals surface area contributed by atoms with Crippen LogP contribution in [0.25, 0.3) is 22.4 Å². The molecule has 1 N–H and O–H groups in total. The van der Waals surface area contributed by atoms with Crippen molar-refractivity contribution in [2.45, 2.75) is 13.5 Å². The standard InChI is InChI=1S/C19H15N3O3/c1-12-5-4-7-14(9-12)18-22-21-17(25-18)11-24-19(23)16-10-13-6-2-3-8-15(13)20-16/h2-10,20H,11H2,1H3. The van der Waals surface area contributed by atoms with Crippen LogP contribution in [0.2, 0.25) is 0 Å². The first kappa shape index (κ1) is 15.1. The van der Waals surface area contributed by atoms with E-state index < -0.39 is 5.97 Å². The molecule has 124 valence electrons. The Balaban J connectivity index is 1.45. The van der Waals surface area contributed by atoms with E-state index in [0.29, 0.717) is 11.6 Å². The number of nitrogens with zero attached hydrogens (tertiary/aromatic N) is 2. The normalized spacial score (nSPS) is 10.9. The van der Waals surface area contributed by atoms with E-state index >= 15 is 0 Å². The summed E-state index contributed by atoms with van der Waals surface area (Å²) in [7, 11) is 0. The topological polar surface area (TPSA) is 81.0 Å². The Labute approximate surface area is 143 Å². The summed E-state index contributed by atoms with van der Waals surface area (Å²) in [6, 6.07) is 17.1. The second kappa shape index (κ2) is 6.24. The van der Waals surface area contributed by atoms with Gasteiger partial charge in [-0.15, -0.1) is 10.2 Å². The number of aromatic amines is 1. The smallest absolute Gasteiger partial charge is 0.355 e. The molecule has 2 heterocycles. The summed E-state index contributed by atoms with van der Waals surface area (Å²) >= 11 is 0. The number of carbonyl (C=O) groups excluding carboxylic acids is 1. The molecule has 6 heteroatoms. The fraction of sp³-hybridized carbons (Fsp3) is 0.105. The average molecular weight is 333 g/mol. The highest BCUT2D eigenvalue weighted by Gasteiger charge is 2.14. The number of rotatable bonds is 4. The zero-order valence-corrected chi connectivity index (χ0v) is 13.5. The largest absolute Gasteiger partial charge is 0.451 e. The zero-order valence-electron chi connectivity index (χ0n) is 13.5. The molecule has 2 aromatic carbocycles. The van der Waals surface area contributed by atoms with Gasteiger partial charge in [-0.3, -0.25) is 0 Å². The molecule has 25 heavy (non-hydrogen) atoms. The molecule has 0 aliphatic rings. The van der Waals surface area contributed by atoms with Crippen molar-refractivity contribution in [3.05, 3.63) is 71.7 Å². The second-order valence-corrected chi connectivity index (χ2v) is 5.72. The van der Waals surface area contributed by atoms with Crippen molar-refractivity contribution in [1.29, 1.82) is 0 Å². The van der Waals surface area contributed by atoms with Crippen molar-refractivity contribution < 1.29 is 13.9 Å². The molecule has 4 aromatic rings. The molecule has 0 unspecified atom stereocenters. The van der Waals surface area contributed by atoms with Gasteiger partial charge >= 0.3 is 5.97 Å². The van der Waals surface area contributed by atoms with E-state index in [1.54, 1.807) is 6.07 Å². The second-order valence-electron chi connectivity index (χ2n) is 5.72. The maximum atomic E-state index is 12.2. The van der Waals surface area contributed by atoms with Gasteiger partial charge < -0.3 is 14.1 Å². The minimum absolute atomic E-state index is 0.0764. The van der Waals surface area contributed by atoms with Crippen LogP contribution in [0, 0.1) is 6.92 Å². The predicted molar refractivity (Wildman–Crippen MR) is 91.9 cm³/mol. The number of fused-ring (bicyclic) bond motifs is 1. The van der Waals surface area contributed by atoms with E-state index in [0.717, 1.165) is 22.0 Å².